The Morgan fingerprint density at radius 2 is 1.68 bits per heavy atom. The zero-order valence-electron chi connectivity index (χ0n) is 21.6. The van der Waals surface area contributed by atoms with Gasteiger partial charge >= 0.3 is 0 Å². The number of anilines is 2. The van der Waals surface area contributed by atoms with Gasteiger partial charge in [-0.15, -0.1) is 0 Å². The topological polar surface area (TPSA) is 83.7 Å². The van der Waals surface area contributed by atoms with Crippen LogP contribution in [0.25, 0.3) is 11.0 Å². The first-order valence-corrected chi connectivity index (χ1v) is 13.2. The monoisotopic (exact) mass is 547 g/mol. The maximum absolute atomic E-state index is 14.9. The lowest BCUT2D eigenvalue weighted by Crippen LogP contribution is -2.54. The van der Waals surface area contributed by atoms with Crippen molar-refractivity contribution in [3.8, 4) is 0 Å². The molecule has 0 bridgehead atoms. The van der Waals surface area contributed by atoms with Crippen LogP contribution in [0.1, 0.15) is 38.4 Å². The number of hydrogen-bond acceptors (Lipinski definition) is 5. The summed E-state index contributed by atoms with van der Waals surface area (Å²) in [6.45, 7) is 4.12. The second-order valence-electron chi connectivity index (χ2n) is 10.2. The first kappa shape index (κ1) is 24.3. The second kappa shape index (κ2) is 8.63. The average molecular weight is 548 g/mol. The molecule has 2 aromatic heterocycles. The van der Waals surface area contributed by atoms with Crippen molar-refractivity contribution in [2.75, 3.05) is 9.80 Å². The zero-order valence-corrected chi connectivity index (χ0v) is 22.4. The van der Waals surface area contributed by atoms with Crippen molar-refractivity contribution in [1.29, 1.82) is 0 Å². The molecule has 5 aromatic rings. The third-order valence-electron chi connectivity index (χ3n) is 7.68. The molecular formula is C32H22ClN3O4. The van der Waals surface area contributed by atoms with Gasteiger partial charge in [-0.2, -0.15) is 0 Å². The number of hydrogen-bond donors (Lipinski definition) is 0. The quantitative estimate of drug-likeness (QED) is 0.280. The van der Waals surface area contributed by atoms with Crippen LogP contribution >= 0.6 is 11.6 Å². The molecule has 4 heterocycles. The van der Waals surface area contributed by atoms with Gasteiger partial charge in [0.25, 0.3) is 11.8 Å². The lowest BCUT2D eigenvalue weighted by molar-refractivity contribution is -0.121. The minimum absolute atomic E-state index is 0.0283. The third-order valence-corrected chi connectivity index (χ3v) is 7.91. The Morgan fingerprint density at radius 1 is 0.900 bits per heavy atom. The number of para-hydroxylation sites is 1. The molecule has 40 heavy (non-hydrogen) atoms. The van der Waals surface area contributed by atoms with Gasteiger partial charge in [0.2, 0.25) is 5.76 Å². The number of nitrogens with zero attached hydrogens (tertiary/aromatic N) is 3. The Labute approximate surface area is 234 Å². The summed E-state index contributed by atoms with van der Waals surface area (Å²) in [6, 6.07) is 23.3. The third kappa shape index (κ3) is 3.24. The number of aryl methyl sites for hydroxylation is 2. The van der Waals surface area contributed by atoms with Gasteiger partial charge in [0.1, 0.15) is 11.4 Å². The number of aromatic nitrogens is 1. The highest BCUT2D eigenvalue weighted by Crippen LogP contribution is 2.54. The van der Waals surface area contributed by atoms with Gasteiger partial charge in [-0.3, -0.25) is 19.3 Å². The highest BCUT2D eigenvalue weighted by molar-refractivity contribution is 6.31. The Hall–Kier alpha value is -4.75. The highest BCUT2D eigenvalue weighted by Gasteiger charge is 2.66. The summed E-state index contributed by atoms with van der Waals surface area (Å²) in [5.41, 5.74) is 1.86. The molecule has 0 fully saturated rings. The van der Waals surface area contributed by atoms with Crippen LogP contribution in [-0.4, -0.2) is 16.8 Å². The highest BCUT2D eigenvalue weighted by atomic mass is 35.5. The van der Waals surface area contributed by atoms with Crippen LogP contribution in [-0.2, 0) is 16.9 Å². The van der Waals surface area contributed by atoms with Gasteiger partial charge in [0.15, 0.2) is 11.0 Å². The number of pyridine rings is 1. The predicted molar refractivity (Wildman–Crippen MR) is 153 cm³/mol. The summed E-state index contributed by atoms with van der Waals surface area (Å²) in [4.78, 5) is 50.9. The lowest BCUT2D eigenvalue weighted by atomic mass is 9.84. The molecule has 1 spiro atoms. The molecule has 0 saturated heterocycles. The van der Waals surface area contributed by atoms with E-state index in [1.165, 1.54) is 11.0 Å². The van der Waals surface area contributed by atoms with Gasteiger partial charge in [0.05, 0.1) is 23.2 Å². The van der Waals surface area contributed by atoms with Crippen molar-refractivity contribution in [3.05, 3.63) is 134 Å². The maximum Gasteiger partial charge on any atom is 0.297 e. The number of rotatable bonds is 3. The number of benzene rings is 3. The Morgan fingerprint density at radius 3 is 2.45 bits per heavy atom. The average Bonchev–Trinajstić information content (AvgIpc) is 3.35. The fraction of sp³-hybridized carbons (Fsp3) is 0.125. The summed E-state index contributed by atoms with van der Waals surface area (Å²) < 4.78 is 6.10. The van der Waals surface area contributed by atoms with Crippen molar-refractivity contribution < 1.29 is 14.0 Å². The maximum atomic E-state index is 14.9. The van der Waals surface area contributed by atoms with Crippen molar-refractivity contribution in [1.82, 2.24) is 4.98 Å². The van der Waals surface area contributed by atoms with Crippen LogP contribution in [0.15, 0.2) is 94.3 Å². The van der Waals surface area contributed by atoms with Gasteiger partial charge in [-0.25, -0.2) is 4.98 Å². The molecule has 7 rings (SSSR count). The molecule has 0 radical (unpaired) electrons. The molecule has 0 saturated carbocycles. The molecule has 2 aliphatic rings. The summed E-state index contributed by atoms with van der Waals surface area (Å²) in [6.07, 6.45) is 1.58. The molecule has 8 heteroatoms. The van der Waals surface area contributed by atoms with Gasteiger partial charge < -0.3 is 9.32 Å². The lowest BCUT2D eigenvalue weighted by Gasteiger charge is -2.33. The molecule has 2 aliphatic heterocycles. The van der Waals surface area contributed by atoms with E-state index in [0.717, 1.165) is 16.7 Å². The largest absolute Gasteiger partial charge is 0.450 e. The van der Waals surface area contributed by atoms with E-state index in [0.29, 0.717) is 16.3 Å². The van der Waals surface area contributed by atoms with E-state index in [-0.39, 0.29) is 34.7 Å². The van der Waals surface area contributed by atoms with E-state index < -0.39 is 22.8 Å². The minimum Gasteiger partial charge on any atom is -0.450 e. The number of halogens is 1. The molecule has 0 aliphatic carbocycles. The first-order valence-electron chi connectivity index (χ1n) is 12.8. The smallest absolute Gasteiger partial charge is 0.297 e. The fourth-order valence-corrected chi connectivity index (χ4v) is 6.03. The molecule has 2 amide bonds. The van der Waals surface area contributed by atoms with Gasteiger partial charge in [-0.05, 0) is 61.4 Å². The summed E-state index contributed by atoms with van der Waals surface area (Å²) in [5.74, 6) is -0.970. The van der Waals surface area contributed by atoms with Gasteiger partial charge in [-0.1, -0.05) is 59.6 Å². The molecule has 1 atom stereocenters. The molecule has 7 nitrogen and oxygen atoms in total. The minimum atomic E-state index is -1.81. The van der Waals surface area contributed by atoms with E-state index in [1.807, 2.05) is 50.2 Å². The predicted octanol–water partition coefficient (Wildman–Crippen LogP) is 5.91. The first-order chi connectivity index (χ1) is 19.3. The van der Waals surface area contributed by atoms with Crippen LogP contribution in [0.5, 0.6) is 0 Å². The molecular weight excluding hydrogens is 526 g/mol. The van der Waals surface area contributed by atoms with E-state index in [2.05, 4.69) is 4.98 Å². The number of fused-ring (bicyclic) bond motifs is 5. The zero-order chi connectivity index (χ0) is 27.8. The second-order valence-corrected chi connectivity index (χ2v) is 10.6. The fourth-order valence-electron chi connectivity index (χ4n) is 5.86. The Bertz CT molecular complexity index is 1950. The number of carbonyl (C=O) groups is 2. The van der Waals surface area contributed by atoms with Crippen LogP contribution in [0.2, 0.25) is 5.02 Å². The number of carbonyl (C=O) groups excluding carboxylic acids is 2. The molecule has 3 aromatic carbocycles. The normalized spacial score (nSPS) is 17.7. The molecule has 196 valence electrons. The SMILES string of the molecule is Cc1ccc(CN2C(=O)C3(c4ccccc42)c2c(oc4ccc(Cl)cc4c2=O)C(=O)N3c2cc(C)ccn2)cc1. The van der Waals surface area contributed by atoms with E-state index >= 15 is 0 Å². The molecule has 0 N–H and O–H groups in total. The number of amides is 2. The van der Waals surface area contributed by atoms with E-state index in [1.54, 1.807) is 47.5 Å². The van der Waals surface area contributed by atoms with Crippen molar-refractivity contribution in [2.24, 2.45) is 0 Å². The van der Waals surface area contributed by atoms with E-state index in [4.69, 9.17) is 16.0 Å². The Balaban J connectivity index is 1.56. The van der Waals surface area contributed by atoms with Crippen LogP contribution in [0.3, 0.4) is 0 Å². The standard InChI is InChI=1S/C32H22ClN3O4/c1-18-7-9-20(10-8-18)17-35-24-6-4-3-5-23(24)32(31(35)39)27-28(37)22-16-21(33)11-12-25(22)40-29(27)30(38)36(32)26-15-19(2)13-14-34-26/h3-16H,17H2,1-2H3. The van der Waals surface area contributed by atoms with E-state index in [9.17, 15) is 14.4 Å². The van der Waals surface area contributed by atoms with Crippen molar-refractivity contribution in [3.63, 3.8) is 0 Å². The van der Waals surface area contributed by atoms with Crippen molar-refractivity contribution in [2.45, 2.75) is 25.9 Å². The summed E-state index contributed by atoms with van der Waals surface area (Å²) in [5, 5.41) is 0.536. The van der Waals surface area contributed by atoms with Crippen LogP contribution < -0.4 is 15.2 Å². The van der Waals surface area contributed by atoms with Gasteiger partial charge in [0, 0.05) is 16.8 Å². The van der Waals surface area contributed by atoms with Crippen molar-refractivity contribution >= 4 is 45.9 Å². The summed E-state index contributed by atoms with van der Waals surface area (Å²) >= 11 is 6.25. The summed E-state index contributed by atoms with van der Waals surface area (Å²) in [7, 11) is 0. The Kier molecular flexibility index (Phi) is 5.24. The van der Waals surface area contributed by atoms with Crippen LogP contribution in [0, 0.1) is 13.8 Å². The molecule has 1 unspecified atom stereocenters. The van der Waals surface area contributed by atoms with Crippen LogP contribution in [0.4, 0.5) is 11.5 Å².